The standard InChI is InChI=1S/C77H88N12O16/c1-6-10-14-18-26-47(5)60-44-61(73(93)68(72(60)92)83-79-49-28-23-32-53(41-49)87(100)101)57(36-20-16-12-8-3)64-46-65(77(97)70(76(64)96)85-81-51-30-25-34-55(43-51)89(104)105)58(37-21-17-13-9-4)63-45-62(74(94)69(75(63)95)84-80-50-29-24-33-54(42-50)88(102)103)56(35-19-15-11-7-2)59-38-39-66(90)67(71(59)91)82-78-48-27-22-31-52(40-48)86(98)99/h22-25,27-34,38-47,56-58,90-97H,6-21,26,35-37H2,1-5H3. The van der Waals surface area contributed by atoms with E-state index in [-0.39, 0.29) is 104 Å². The average molecular weight is 1440 g/mol. The summed E-state index contributed by atoms with van der Waals surface area (Å²) < 4.78 is 0. The summed E-state index contributed by atoms with van der Waals surface area (Å²) in [5.74, 6) is -8.72. The van der Waals surface area contributed by atoms with Crippen LogP contribution < -0.4 is 0 Å². The molecule has 4 atom stereocenters. The number of phenolic OH excluding ortho intramolecular Hbond substituents is 8. The Balaban J connectivity index is 1.49. The van der Waals surface area contributed by atoms with E-state index in [4.69, 9.17) is 0 Å². The van der Waals surface area contributed by atoms with Crippen LogP contribution in [0.3, 0.4) is 0 Å². The second-order valence-electron chi connectivity index (χ2n) is 26.0. The van der Waals surface area contributed by atoms with Gasteiger partial charge in [0.05, 0.1) is 42.4 Å². The van der Waals surface area contributed by atoms with Gasteiger partial charge in [-0.25, -0.2) is 0 Å². The highest BCUT2D eigenvalue weighted by Gasteiger charge is 2.36. The summed E-state index contributed by atoms with van der Waals surface area (Å²) in [6.45, 7) is 10.0. The number of benzene rings is 8. The van der Waals surface area contributed by atoms with E-state index < -0.39 is 106 Å². The monoisotopic (exact) mass is 1440 g/mol. The quantitative estimate of drug-likeness (QED) is 0.00768. The molecule has 0 radical (unpaired) electrons. The van der Waals surface area contributed by atoms with Gasteiger partial charge < -0.3 is 40.9 Å². The third kappa shape index (κ3) is 20.1. The van der Waals surface area contributed by atoms with Crippen LogP contribution >= 0.6 is 0 Å². The smallest absolute Gasteiger partial charge is 0.271 e. The van der Waals surface area contributed by atoms with Gasteiger partial charge in [-0.2, -0.15) is 20.5 Å². The summed E-state index contributed by atoms with van der Waals surface area (Å²) in [5, 5.41) is 184. The predicted octanol–water partition coefficient (Wildman–Crippen LogP) is 24.0. The lowest BCUT2D eigenvalue weighted by Crippen LogP contribution is -2.10. The van der Waals surface area contributed by atoms with Gasteiger partial charge in [0.15, 0.2) is 57.2 Å². The number of azo groups is 4. The first kappa shape index (κ1) is 78.9. The van der Waals surface area contributed by atoms with Gasteiger partial charge in [-0.1, -0.05) is 168 Å². The van der Waals surface area contributed by atoms with Crippen molar-refractivity contribution in [3.8, 4) is 46.0 Å². The fraction of sp³-hybridized carbons (Fsp3) is 0.377. The number of hydrogen-bond donors (Lipinski definition) is 8. The van der Waals surface area contributed by atoms with Crippen molar-refractivity contribution in [1.29, 1.82) is 0 Å². The van der Waals surface area contributed by atoms with Crippen LogP contribution in [0.1, 0.15) is 226 Å². The van der Waals surface area contributed by atoms with Crippen LogP contribution in [-0.4, -0.2) is 60.5 Å². The Bertz CT molecular complexity index is 4550. The number of nitro groups is 4. The van der Waals surface area contributed by atoms with Gasteiger partial charge >= 0.3 is 0 Å². The predicted molar refractivity (Wildman–Crippen MR) is 397 cm³/mol. The minimum atomic E-state index is -1.24. The molecule has 0 aromatic heterocycles. The molecule has 4 unspecified atom stereocenters. The second kappa shape index (κ2) is 37.9. The summed E-state index contributed by atoms with van der Waals surface area (Å²) in [6.07, 6.45) is 12.3. The Morgan fingerprint density at radius 3 is 0.848 bits per heavy atom. The minimum absolute atomic E-state index is 0.00319. The van der Waals surface area contributed by atoms with Crippen molar-refractivity contribution in [2.75, 3.05) is 0 Å². The molecule has 28 heteroatoms. The highest BCUT2D eigenvalue weighted by atomic mass is 16.6. The number of rotatable bonds is 39. The highest BCUT2D eigenvalue weighted by molar-refractivity contribution is 5.76. The molecule has 0 saturated heterocycles. The molecule has 105 heavy (non-hydrogen) atoms. The Morgan fingerprint density at radius 1 is 0.295 bits per heavy atom. The molecule has 0 aliphatic heterocycles. The molecule has 28 nitrogen and oxygen atoms in total. The van der Waals surface area contributed by atoms with E-state index in [1.807, 2.05) is 27.7 Å². The lowest BCUT2D eigenvalue weighted by molar-refractivity contribution is -0.385. The summed E-state index contributed by atoms with van der Waals surface area (Å²) in [6, 6.07) is 28.1. The molecule has 0 spiro atoms. The van der Waals surface area contributed by atoms with Gasteiger partial charge in [-0.15, -0.1) is 20.5 Å². The molecule has 0 amide bonds. The zero-order chi connectivity index (χ0) is 75.9. The fourth-order valence-electron chi connectivity index (χ4n) is 12.9. The molecular weight excluding hydrogens is 1350 g/mol. The topological polar surface area (TPSA) is 433 Å². The molecule has 8 aromatic carbocycles. The van der Waals surface area contributed by atoms with Crippen molar-refractivity contribution in [3.05, 3.63) is 207 Å². The van der Waals surface area contributed by atoms with E-state index in [1.165, 1.54) is 103 Å². The third-order valence-electron chi connectivity index (χ3n) is 18.6. The first-order valence-corrected chi connectivity index (χ1v) is 35.5. The number of hydrogen-bond acceptors (Lipinski definition) is 24. The van der Waals surface area contributed by atoms with Gasteiger partial charge in [-0.05, 0) is 85.7 Å². The van der Waals surface area contributed by atoms with E-state index in [9.17, 15) is 81.3 Å². The van der Waals surface area contributed by atoms with Gasteiger partial charge in [0.2, 0.25) is 0 Å². The van der Waals surface area contributed by atoms with Crippen molar-refractivity contribution < 1.29 is 60.5 Å². The maximum absolute atomic E-state index is 13.3. The second-order valence-corrected chi connectivity index (χ2v) is 26.0. The maximum Gasteiger partial charge on any atom is 0.271 e. The van der Waals surface area contributed by atoms with Crippen LogP contribution in [0.2, 0.25) is 0 Å². The number of aromatic hydroxyl groups is 8. The van der Waals surface area contributed by atoms with Crippen LogP contribution in [0.15, 0.2) is 168 Å². The lowest BCUT2D eigenvalue weighted by atomic mass is 9.77. The lowest BCUT2D eigenvalue weighted by Gasteiger charge is -2.28. The van der Waals surface area contributed by atoms with Gasteiger partial charge in [-0.3, -0.25) is 40.5 Å². The normalized spacial score (nSPS) is 12.9. The maximum atomic E-state index is 13.3. The molecule has 0 saturated carbocycles. The molecule has 8 aromatic rings. The third-order valence-corrected chi connectivity index (χ3v) is 18.6. The van der Waals surface area contributed by atoms with E-state index in [1.54, 1.807) is 6.07 Å². The van der Waals surface area contributed by atoms with Gasteiger partial charge in [0.25, 0.3) is 22.7 Å². The number of phenols is 8. The largest absolute Gasteiger partial charge is 0.505 e. The number of nitrogens with zero attached hydrogens (tertiary/aromatic N) is 12. The molecule has 8 rings (SSSR count). The summed E-state index contributed by atoms with van der Waals surface area (Å²) in [5.41, 5.74) is -2.86. The summed E-state index contributed by atoms with van der Waals surface area (Å²) >= 11 is 0. The van der Waals surface area contributed by atoms with Gasteiger partial charge in [0.1, 0.15) is 11.5 Å². The first-order chi connectivity index (χ1) is 50.5. The Morgan fingerprint density at radius 2 is 0.552 bits per heavy atom. The molecule has 0 aliphatic rings. The summed E-state index contributed by atoms with van der Waals surface area (Å²) in [7, 11) is 0. The van der Waals surface area contributed by atoms with Crippen LogP contribution in [0.4, 0.5) is 68.2 Å². The molecule has 8 N–H and O–H groups in total. The average Bonchev–Trinajstić information content (AvgIpc) is 0.750. The first-order valence-electron chi connectivity index (χ1n) is 35.5. The van der Waals surface area contributed by atoms with E-state index in [0.29, 0.717) is 50.5 Å². The Labute approximate surface area is 606 Å². The van der Waals surface area contributed by atoms with Crippen LogP contribution in [-0.2, 0) is 0 Å². The zero-order valence-corrected chi connectivity index (χ0v) is 59.3. The van der Waals surface area contributed by atoms with Crippen LogP contribution in [0.25, 0.3) is 0 Å². The van der Waals surface area contributed by atoms with E-state index >= 15 is 0 Å². The van der Waals surface area contributed by atoms with Crippen molar-refractivity contribution in [3.63, 3.8) is 0 Å². The van der Waals surface area contributed by atoms with Crippen molar-refractivity contribution >= 4 is 68.2 Å². The van der Waals surface area contributed by atoms with Crippen LogP contribution in [0, 0.1) is 40.5 Å². The molecule has 0 heterocycles. The molecule has 0 fully saturated rings. The Kier molecular flexibility index (Phi) is 28.5. The zero-order valence-electron chi connectivity index (χ0n) is 59.3. The van der Waals surface area contributed by atoms with Crippen LogP contribution in [0.5, 0.6) is 46.0 Å². The minimum Gasteiger partial charge on any atom is -0.505 e. The molecule has 552 valence electrons. The van der Waals surface area contributed by atoms with Crippen molar-refractivity contribution in [1.82, 2.24) is 0 Å². The highest BCUT2D eigenvalue weighted by Crippen LogP contribution is 2.58. The fourth-order valence-corrected chi connectivity index (χ4v) is 12.9. The molecule has 0 bridgehead atoms. The van der Waals surface area contributed by atoms with E-state index in [2.05, 4.69) is 47.8 Å². The van der Waals surface area contributed by atoms with Crippen molar-refractivity contribution in [2.24, 2.45) is 40.9 Å². The summed E-state index contributed by atoms with van der Waals surface area (Å²) in [4.78, 5) is 45.3. The number of unbranched alkanes of at least 4 members (excludes halogenated alkanes) is 12. The number of nitro benzene ring substituents is 4. The molecular formula is C77H88N12O16. The van der Waals surface area contributed by atoms with Gasteiger partial charge in [0, 0.05) is 99.7 Å². The SMILES string of the molecule is CCCCCCC(C)c1cc(C(CCCCCC)c2cc(C(CCCCCC)c3cc(C(CCCCCC)c4ccc(O)c(N=Nc5cccc([N+](=O)[O-])c5)c4O)c(O)c(N=Nc4cccc([N+](=O)[O-])c4)c3O)c(O)c(N=Nc3cccc([N+](=O)[O-])c3)c2O)c(O)c(N=Nc2cccc([N+](=O)[O-])c2)c1O. The molecule has 0 aliphatic carbocycles. The Hall–Kier alpha value is -11.8. The van der Waals surface area contributed by atoms with E-state index in [0.717, 1.165) is 82.4 Å². The van der Waals surface area contributed by atoms with Crippen molar-refractivity contribution in [2.45, 2.75) is 187 Å². The number of non-ortho nitro benzene ring substituents is 4.